The molecule has 0 saturated carbocycles. The highest BCUT2D eigenvalue weighted by Gasteiger charge is 2.19. The van der Waals surface area contributed by atoms with Crippen molar-refractivity contribution in [2.24, 2.45) is 0 Å². The topological polar surface area (TPSA) is 78.9 Å². The molecule has 1 unspecified atom stereocenters. The Morgan fingerprint density at radius 3 is 0.822 bits per heavy atom. The summed E-state index contributed by atoms with van der Waals surface area (Å²) in [5.74, 6) is -0.911. The van der Waals surface area contributed by atoms with Gasteiger partial charge >= 0.3 is 17.9 Å². The van der Waals surface area contributed by atoms with Crippen molar-refractivity contribution in [1.29, 1.82) is 0 Å². The summed E-state index contributed by atoms with van der Waals surface area (Å²) in [6.45, 7) is 6.55. The summed E-state index contributed by atoms with van der Waals surface area (Å²) in [6, 6.07) is 0. The minimum absolute atomic E-state index is 0.0894. The Bertz CT molecular complexity index is 1400. The van der Waals surface area contributed by atoms with Gasteiger partial charge in [-0.25, -0.2) is 0 Å². The molecule has 0 radical (unpaired) electrons. The molecular weight excluding hydrogens is 901 g/mol. The molecule has 0 rings (SSSR count). The van der Waals surface area contributed by atoms with Crippen LogP contribution >= 0.6 is 0 Å². The Hall–Kier alpha value is -3.41. The average molecular weight is 1020 g/mol. The molecule has 0 aliphatic rings. The fourth-order valence-corrected chi connectivity index (χ4v) is 8.64. The fraction of sp³-hybridized carbons (Fsp3) is 0.746. The number of unbranched alkanes of at least 4 members (excludes halogenated alkanes) is 31. The molecule has 0 saturated heterocycles. The maximum absolute atomic E-state index is 12.9. The van der Waals surface area contributed by atoms with Crippen molar-refractivity contribution in [2.45, 2.75) is 309 Å². The van der Waals surface area contributed by atoms with E-state index in [0.29, 0.717) is 19.3 Å². The van der Waals surface area contributed by atoms with E-state index in [4.69, 9.17) is 14.2 Å². The normalized spacial score (nSPS) is 12.6. The molecule has 1 atom stereocenters. The maximum Gasteiger partial charge on any atom is 0.306 e. The van der Waals surface area contributed by atoms with Crippen LogP contribution in [0.25, 0.3) is 0 Å². The van der Waals surface area contributed by atoms with Crippen LogP contribution in [0.15, 0.2) is 85.1 Å². The quantitative estimate of drug-likeness (QED) is 0.0261. The minimum Gasteiger partial charge on any atom is -0.462 e. The summed E-state index contributed by atoms with van der Waals surface area (Å²) < 4.78 is 16.9. The zero-order valence-corrected chi connectivity index (χ0v) is 48.1. The van der Waals surface area contributed by atoms with Gasteiger partial charge in [-0.15, -0.1) is 0 Å². The second kappa shape index (κ2) is 61.1. The first-order valence-electron chi connectivity index (χ1n) is 31.1. The van der Waals surface area contributed by atoms with Gasteiger partial charge in [0.2, 0.25) is 0 Å². The van der Waals surface area contributed by atoms with E-state index in [-0.39, 0.29) is 31.1 Å². The second-order valence-electron chi connectivity index (χ2n) is 20.6. The third-order valence-electron chi connectivity index (χ3n) is 13.3. The molecule has 6 nitrogen and oxygen atoms in total. The summed E-state index contributed by atoms with van der Waals surface area (Å²) >= 11 is 0. The van der Waals surface area contributed by atoms with Crippen molar-refractivity contribution in [2.75, 3.05) is 13.2 Å². The number of esters is 3. The molecule has 0 aliphatic carbocycles. The molecule has 0 aliphatic heterocycles. The Morgan fingerprint density at radius 2 is 0.521 bits per heavy atom. The first-order valence-corrected chi connectivity index (χ1v) is 31.1. The molecule has 0 aromatic heterocycles. The lowest BCUT2D eigenvalue weighted by atomic mass is 10.1. The Balaban J connectivity index is 4.39. The lowest BCUT2D eigenvalue weighted by Gasteiger charge is -2.18. The number of hydrogen-bond donors (Lipinski definition) is 0. The third-order valence-corrected chi connectivity index (χ3v) is 13.3. The predicted octanol–water partition coefficient (Wildman–Crippen LogP) is 21.1. The molecule has 0 heterocycles. The molecular formula is C67H116O6. The SMILES string of the molecule is CCC/C=C\C/C=C\CCCCCCCC(=O)OCC(COC(=O)CCCCCCCC/C=C\C/C=C\C/C=C\CCCCCCC)OC(=O)CCCCCCCCCCC/C=C\C/C=C\CCCCCCC. The number of ether oxygens (including phenoxy) is 3. The highest BCUT2D eigenvalue weighted by atomic mass is 16.6. The van der Waals surface area contributed by atoms with Gasteiger partial charge in [0, 0.05) is 19.3 Å². The highest BCUT2D eigenvalue weighted by Crippen LogP contribution is 2.15. The number of carbonyl (C=O) groups excluding carboxylic acids is 3. The Kier molecular flexibility index (Phi) is 58.3. The van der Waals surface area contributed by atoms with Crippen molar-refractivity contribution < 1.29 is 28.6 Å². The maximum atomic E-state index is 12.9. The van der Waals surface area contributed by atoms with Gasteiger partial charge in [-0.2, -0.15) is 0 Å². The van der Waals surface area contributed by atoms with Gasteiger partial charge in [-0.1, -0.05) is 254 Å². The molecule has 420 valence electrons. The van der Waals surface area contributed by atoms with Crippen LogP contribution in [0.1, 0.15) is 303 Å². The molecule has 0 amide bonds. The van der Waals surface area contributed by atoms with E-state index in [0.717, 1.165) is 116 Å². The van der Waals surface area contributed by atoms with Crippen LogP contribution in [0.3, 0.4) is 0 Å². The second-order valence-corrected chi connectivity index (χ2v) is 20.6. The van der Waals surface area contributed by atoms with Crippen LogP contribution in [0, 0.1) is 0 Å². The Labute approximate surface area is 452 Å². The van der Waals surface area contributed by atoms with E-state index in [2.05, 4.69) is 106 Å². The van der Waals surface area contributed by atoms with Crippen molar-refractivity contribution in [3.63, 3.8) is 0 Å². The molecule has 0 fully saturated rings. The van der Waals surface area contributed by atoms with Crippen LogP contribution < -0.4 is 0 Å². The van der Waals surface area contributed by atoms with Crippen molar-refractivity contribution in [3.05, 3.63) is 85.1 Å². The lowest BCUT2D eigenvalue weighted by molar-refractivity contribution is -0.167. The van der Waals surface area contributed by atoms with Crippen LogP contribution in [0.5, 0.6) is 0 Å². The predicted molar refractivity (Wildman–Crippen MR) is 316 cm³/mol. The smallest absolute Gasteiger partial charge is 0.306 e. The molecule has 0 N–H and O–H groups in total. The van der Waals surface area contributed by atoms with Crippen molar-refractivity contribution in [3.8, 4) is 0 Å². The molecule has 0 aromatic carbocycles. The lowest BCUT2D eigenvalue weighted by Crippen LogP contribution is -2.30. The molecule has 73 heavy (non-hydrogen) atoms. The number of rotatable bonds is 56. The summed E-state index contributed by atoms with van der Waals surface area (Å²) in [7, 11) is 0. The van der Waals surface area contributed by atoms with E-state index in [9.17, 15) is 14.4 Å². The van der Waals surface area contributed by atoms with E-state index in [1.807, 2.05) is 0 Å². The van der Waals surface area contributed by atoms with E-state index >= 15 is 0 Å². The molecule has 0 aromatic rings. The van der Waals surface area contributed by atoms with Crippen molar-refractivity contribution in [1.82, 2.24) is 0 Å². The summed E-state index contributed by atoms with van der Waals surface area (Å²) in [4.78, 5) is 38.3. The summed E-state index contributed by atoms with van der Waals surface area (Å²) in [5.41, 5.74) is 0. The minimum atomic E-state index is -0.792. The summed E-state index contributed by atoms with van der Waals surface area (Å²) in [6.07, 6.45) is 80.0. The zero-order chi connectivity index (χ0) is 52.9. The monoisotopic (exact) mass is 1020 g/mol. The van der Waals surface area contributed by atoms with Crippen LogP contribution in [0.4, 0.5) is 0 Å². The van der Waals surface area contributed by atoms with Crippen LogP contribution in [-0.2, 0) is 28.6 Å². The average Bonchev–Trinajstić information content (AvgIpc) is 3.39. The number of hydrogen-bond acceptors (Lipinski definition) is 6. The highest BCUT2D eigenvalue weighted by molar-refractivity contribution is 5.71. The first-order chi connectivity index (χ1) is 36.0. The third kappa shape index (κ3) is 59.3. The van der Waals surface area contributed by atoms with Gasteiger partial charge in [0.25, 0.3) is 0 Å². The van der Waals surface area contributed by atoms with Gasteiger partial charge in [0.05, 0.1) is 0 Å². The van der Waals surface area contributed by atoms with Gasteiger partial charge < -0.3 is 14.2 Å². The van der Waals surface area contributed by atoms with Gasteiger partial charge in [0.1, 0.15) is 13.2 Å². The number of carbonyl (C=O) groups is 3. The van der Waals surface area contributed by atoms with Crippen LogP contribution in [0.2, 0.25) is 0 Å². The van der Waals surface area contributed by atoms with Crippen molar-refractivity contribution >= 4 is 17.9 Å². The van der Waals surface area contributed by atoms with Gasteiger partial charge in [-0.05, 0) is 116 Å². The zero-order valence-electron chi connectivity index (χ0n) is 48.1. The van der Waals surface area contributed by atoms with E-state index in [1.165, 1.54) is 148 Å². The largest absolute Gasteiger partial charge is 0.462 e. The van der Waals surface area contributed by atoms with Crippen LogP contribution in [-0.4, -0.2) is 37.2 Å². The molecule has 6 heteroatoms. The van der Waals surface area contributed by atoms with Gasteiger partial charge in [-0.3, -0.25) is 14.4 Å². The molecule has 0 bridgehead atoms. The first kappa shape index (κ1) is 69.6. The summed E-state index contributed by atoms with van der Waals surface area (Å²) in [5, 5.41) is 0. The standard InChI is InChI=1S/C67H116O6/c1-4-7-10-13-16-19-22-25-27-29-31-33-35-37-39-42-45-48-51-54-57-60-66(69)72-63-64(62-71-65(68)59-56-53-50-47-44-41-24-21-18-15-12-9-6-3)73-67(70)61-58-55-52-49-46-43-40-38-36-34-32-30-28-26-23-20-17-14-11-8-5-2/h12,15,21-26,29-32,35,37,64H,4-11,13-14,16-20,27-28,33-34,36,38-63H2,1-3H3/b15-12-,24-21-,25-22-,26-23-,31-29-,32-30-,37-35-. The number of allylic oxidation sites excluding steroid dienone is 14. The fourth-order valence-electron chi connectivity index (χ4n) is 8.64. The Morgan fingerprint density at radius 1 is 0.274 bits per heavy atom. The van der Waals surface area contributed by atoms with Gasteiger partial charge in [0.15, 0.2) is 6.10 Å². The molecule has 0 spiro atoms. The van der Waals surface area contributed by atoms with E-state index in [1.54, 1.807) is 0 Å². The van der Waals surface area contributed by atoms with E-state index < -0.39 is 6.10 Å².